The fraction of sp³-hybridized carbons (Fsp3) is 0.636. The number of alkyl halides is 3. The molecule has 1 N–H and O–H groups in total. The second kappa shape index (κ2) is 7.03. The molecule has 0 aliphatic heterocycles. The SMILES string of the molecule is CCN(CCCNc1nccc(C(F)(F)F)n1)S(C)(=O)=O. The zero-order valence-electron chi connectivity index (χ0n) is 11.7. The average molecular weight is 326 g/mol. The molecule has 21 heavy (non-hydrogen) atoms. The second-order valence-electron chi connectivity index (χ2n) is 4.30. The number of halogens is 3. The fourth-order valence-corrected chi connectivity index (χ4v) is 2.55. The predicted octanol–water partition coefficient (Wildman–Crippen LogP) is 1.58. The van der Waals surface area contributed by atoms with Crippen LogP contribution in [0.25, 0.3) is 0 Å². The number of anilines is 1. The van der Waals surface area contributed by atoms with Crippen molar-refractivity contribution in [2.24, 2.45) is 0 Å². The summed E-state index contributed by atoms with van der Waals surface area (Å²) in [6.07, 6.45) is -1.96. The molecule has 1 heterocycles. The zero-order chi connectivity index (χ0) is 16.1. The molecule has 0 amide bonds. The van der Waals surface area contributed by atoms with Crippen LogP contribution < -0.4 is 5.32 Å². The quantitative estimate of drug-likeness (QED) is 0.770. The van der Waals surface area contributed by atoms with Crippen LogP contribution in [0.3, 0.4) is 0 Å². The summed E-state index contributed by atoms with van der Waals surface area (Å²) in [6, 6.07) is 0.785. The predicted molar refractivity (Wildman–Crippen MR) is 72.2 cm³/mol. The molecular formula is C11H17F3N4O2S. The standard InChI is InChI=1S/C11H17F3N4O2S/c1-3-18(21(2,19)20)8-4-6-15-10-16-7-5-9(17-10)11(12,13)14/h5,7H,3-4,6,8H2,1-2H3,(H,15,16,17). The fourth-order valence-electron chi connectivity index (χ4n) is 1.62. The molecule has 6 nitrogen and oxygen atoms in total. The molecule has 0 aliphatic carbocycles. The molecule has 0 saturated carbocycles. The van der Waals surface area contributed by atoms with E-state index in [1.54, 1.807) is 6.92 Å². The van der Waals surface area contributed by atoms with E-state index in [0.717, 1.165) is 18.5 Å². The maximum atomic E-state index is 12.4. The molecule has 1 aromatic rings. The molecule has 0 unspecified atom stereocenters. The van der Waals surface area contributed by atoms with Gasteiger partial charge >= 0.3 is 6.18 Å². The molecular weight excluding hydrogens is 309 g/mol. The van der Waals surface area contributed by atoms with E-state index in [1.165, 1.54) is 4.31 Å². The van der Waals surface area contributed by atoms with Gasteiger partial charge in [0.05, 0.1) is 6.26 Å². The number of nitrogens with one attached hydrogen (secondary N) is 1. The Labute approximate surface area is 121 Å². The van der Waals surface area contributed by atoms with E-state index in [9.17, 15) is 21.6 Å². The van der Waals surface area contributed by atoms with Gasteiger partial charge in [-0.2, -0.15) is 13.2 Å². The summed E-state index contributed by atoms with van der Waals surface area (Å²) in [7, 11) is -3.26. The van der Waals surface area contributed by atoms with Crippen LogP contribution in [0.5, 0.6) is 0 Å². The van der Waals surface area contributed by atoms with Gasteiger partial charge in [-0.1, -0.05) is 6.92 Å². The molecule has 1 aromatic heterocycles. The third-order valence-electron chi connectivity index (χ3n) is 2.64. The molecule has 0 fully saturated rings. The van der Waals surface area contributed by atoms with Gasteiger partial charge in [0.2, 0.25) is 16.0 Å². The summed E-state index contributed by atoms with van der Waals surface area (Å²) in [5.74, 6) is -0.132. The van der Waals surface area contributed by atoms with Crippen LogP contribution in [0, 0.1) is 0 Å². The van der Waals surface area contributed by atoms with Crippen molar-refractivity contribution in [3.8, 4) is 0 Å². The van der Waals surface area contributed by atoms with E-state index in [1.807, 2.05) is 0 Å². The van der Waals surface area contributed by atoms with E-state index >= 15 is 0 Å². The maximum Gasteiger partial charge on any atom is 0.433 e. The molecule has 0 radical (unpaired) electrons. The summed E-state index contributed by atoms with van der Waals surface area (Å²) in [6.45, 7) is 2.61. The van der Waals surface area contributed by atoms with Gasteiger partial charge in [-0.3, -0.25) is 0 Å². The minimum Gasteiger partial charge on any atom is -0.354 e. The summed E-state index contributed by atoms with van der Waals surface area (Å²) in [4.78, 5) is 7.03. The number of sulfonamides is 1. The monoisotopic (exact) mass is 326 g/mol. The van der Waals surface area contributed by atoms with Gasteiger partial charge in [-0.15, -0.1) is 0 Å². The molecule has 0 saturated heterocycles. The largest absolute Gasteiger partial charge is 0.433 e. The lowest BCUT2D eigenvalue weighted by atomic mass is 10.4. The number of rotatable bonds is 7. The zero-order valence-corrected chi connectivity index (χ0v) is 12.5. The molecule has 0 aromatic carbocycles. The van der Waals surface area contributed by atoms with Crippen LogP contribution in [0.15, 0.2) is 12.3 Å². The van der Waals surface area contributed by atoms with Crippen molar-refractivity contribution in [1.82, 2.24) is 14.3 Å². The number of hydrogen-bond acceptors (Lipinski definition) is 5. The highest BCUT2D eigenvalue weighted by Crippen LogP contribution is 2.27. The highest BCUT2D eigenvalue weighted by atomic mass is 32.2. The Hall–Kier alpha value is -1.42. The molecule has 0 bridgehead atoms. The molecule has 0 aliphatic rings. The van der Waals surface area contributed by atoms with Gasteiger partial charge < -0.3 is 5.32 Å². The molecule has 0 spiro atoms. The first kappa shape index (κ1) is 17.6. The molecule has 1 rings (SSSR count). The number of aromatic nitrogens is 2. The van der Waals surface area contributed by atoms with Crippen LogP contribution in [-0.4, -0.2) is 48.6 Å². The van der Waals surface area contributed by atoms with E-state index in [4.69, 9.17) is 0 Å². The summed E-state index contributed by atoms with van der Waals surface area (Å²) in [5.41, 5.74) is -1.02. The van der Waals surface area contributed by atoms with Gasteiger partial charge in [0.15, 0.2) is 0 Å². The Balaban J connectivity index is 2.50. The van der Waals surface area contributed by atoms with Gasteiger partial charge in [0, 0.05) is 25.8 Å². The van der Waals surface area contributed by atoms with E-state index < -0.39 is 21.9 Å². The number of nitrogens with zero attached hydrogens (tertiary/aromatic N) is 3. The Bertz CT molecular complexity index is 563. The van der Waals surface area contributed by atoms with Gasteiger partial charge in [0.1, 0.15) is 5.69 Å². The van der Waals surface area contributed by atoms with Crippen molar-refractivity contribution in [1.29, 1.82) is 0 Å². The summed E-state index contributed by atoms with van der Waals surface area (Å²) < 4.78 is 61.3. The van der Waals surface area contributed by atoms with Crippen LogP contribution in [0.4, 0.5) is 19.1 Å². The normalized spacial score (nSPS) is 12.7. The van der Waals surface area contributed by atoms with Crippen molar-refractivity contribution >= 4 is 16.0 Å². The van der Waals surface area contributed by atoms with Crippen molar-refractivity contribution in [2.75, 3.05) is 31.2 Å². The van der Waals surface area contributed by atoms with E-state index in [-0.39, 0.29) is 19.0 Å². The van der Waals surface area contributed by atoms with Gasteiger partial charge in [0.25, 0.3) is 0 Å². The lowest BCUT2D eigenvalue weighted by Gasteiger charge is -2.17. The molecule has 10 heteroatoms. The van der Waals surface area contributed by atoms with Crippen LogP contribution in [0.2, 0.25) is 0 Å². The Kier molecular flexibility index (Phi) is 5.90. The first-order valence-corrected chi connectivity index (χ1v) is 8.08. The molecule has 0 atom stereocenters. The maximum absolute atomic E-state index is 12.4. The number of hydrogen-bond donors (Lipinski definition) is 1. The van der Waals surface area contributed by atoms with Crippen LogP contribution in [-0.2, 0) is 16.2 Å². The van der Waals surface area contributed by atoms with Gasteiger partial charge in [-0.05, 0) is 12.5 Å². The second-order valence-corrected chi connectivity index (χ2v) is 6.28. The van der Waals surface area contributed by atoms with Crippen LogP contribution in [0.1, 0.15) is 19.0 Å². The summed E-state index contributed by atoms with van der Waals surface area (Å²) >= 11 is 0. The minimum atomic E-state index is -4.52. The topological polar surface area (TPSA) is 75.2 Å². The van der Waals surface area contributed by atoms with Crippen LogP contribution >= 0.6 is 0 Å². The van der Waals surface area contributed by atoms with Gasteiger partial charge in [-0.25, -0.2) is 22.7 Å². The third-order valence-corrected chi connectivity index (χ3v) is 4.01. The highest BCUT2D eigenvalue weighted by Gasteiger charge is 2.32. The van der Waals surface area contributed by atoms with Crippen molar-refractivity contribution in [3.63, 3.8) is 0 Å². The Morgan fingerprint density at radius 1 is 1.38 bits per heavy atom. The van der Waals surface area contributed by atoms with E-state index in [2.05, 4.69) is 15.3 Å². The lowest BCUT2D eigenvalue weighted by Crippen LogP contribution is -2.31. The first-order chi connectivity index (χ1) is 9.64. The smallest absolute Gasteiger partial charge is 0.354 e. The molecule has 120 valence electrons. The van der Waals surface area contributed by atoms with Crippen molar-refractivity contribution < 1.29 is 21.6 Å². The highest BCUT2D eigenvalue weighted by molar-refractivity contribution is 7.88. The Morgan fingerprint density at radius 3 is 2.57 bits per heavy atom. The Morgan fingerprint density at radius 2 is 2.05 bits per heavy atom. The first-order valence-electron chi connectivity index (χ1n) is 6.24. The summed E-state index contributed by atoms with van der Waals surface area (Å²) in [5, 5.41) is 2.64. The third kappa shape index (κ3) is 5.84. The average Bonchev–Trinajstić information content (AvgIpc) is 2.36. The van der Waals surface area contributed by atoms with Crippen molar-refractivity contribution in [3.05, 3.63) is 18.0 Å². The minimum absolute atomic E-state index is 0.132. The van der Waals surface area contributed by atoms with Crippen molar-refractivity contribution in [2.45, 2.75) is 19.5 Å². The lowest BCUT2D eigenvalue weighted by molar-refractivity contribution is -0.141. The van der Waals surface area contributed by atoms with E-state index in [0.29, 0.717) is 13.0 Å².